The predicted molar refractivity (Wildman–Crippen MR) is 102 cm³/mol. The van der Waals surface area contributed by atoms with Gasteiger partial charge < -0.3 is 14.4 Å². The lowest BCUT2D eigenvalue weighted by atomic mass is 10.1. The summed E-state index contributed by atoms with van der Waals surface area (Å²) in [6.07, 6.45) is 2.84. The van der Waals surface area contributed by atoms with Crippen LogP contribution in [0.1, 0.15) is 40.4 Å². The number of ether oxygens (including phenoxy) is 2. The zero-order chi connectivity index (χ0) is 19.0. The first-order valence-electron chi connectivity index (χ1n) is 9.53. The maximum atomic E-state index is 12.3. The summed E-state index contributed by atoms with van der Waals surface area (Å²) in [6.45, 7) is 8.54. The molecular formula is C21H25N3O3. The molecule has 6 heteroatoms. The number of aryl methyl sites for hydroxylation is 2. The minimum atomic E-state index is -0.455. The van der Waals surface area contributed by atoms with E-state index in [2.05, 4.69) is 40.8 Å². The second-order valence-corrected chi connectivity index (χ2v) is 7.48. The van der Waals surface area contributed by atoms with Gasteiger partial charge in [-0.15, -0.1) is 0 Å². The monoisotopic (exact) mass is 367 g/mol. The number of piperidine rings is 1. The third-order valence-corrected chi connectivity index (χ3v) is 5.44. The van der Waals surface area contributed by atoms with Crippen LogP contribution in [0.5, 0.6) is 5.88 Å². The largest absolute Gasteiger partial charge is 0.472 e. The van der Waals surface area contributed by atoms with Crippen LogP contribution in [0.15, 0.2) is 24.4 Å². The van der Waals surface area contributed by atoms with Crippen LogP contribution in [-0.2, 0) is 11.3 Å². The number of esters is 1. The fraction of sp³-hybridized carbons (Fsp3) is 0.476. The molecule has 2 unspecified atom stereocenters. The molecule has 0 bridgehead atoms. The number of fused-ring (bicyclic) bond motifs is 1. The van der Waals surface area contributed by atoms with Crippen molar-refractivity contribution in [2.24, 2.45) is 11.8 Å². The molecular weight excluding hydrogens is 342 g/mol. The van der Waals surface area contributed by atoms with Crippen LogP contribution in [0.4, 0.5) is 5.95 Å². The average Bonchev–Trinajstić information content (AvgIpc) is 3.28. The quantitative estimate of drug-likeness (QED) is 0.730. The highest BCUT2D eigenvalue weighted by atomic mass is 16.5. The number of rotatable bonds is 6. The molecule has 0 spiro atoms. The van der Waals surface area contributed by atoms with E-state index in [9.17, 15) is 4.79 Å². The minimum Gasteiger partial charge on any atom is -0.472 e. The van der Waals surface area contributed by atoms with Gasteiger partial charge in [-0.25, -0.2) is 9.78 Å². The SMILES string of the molecule is CCOC(=O)c1cnc(N2CC3CC3C2)nc1OCc1ccc(C)c(C)c1. The summed E-state index contributed by atoms with van der Waals surface area (Å²) >= 11 is 0. The molecule has 2 fully saturated rings. The topological polar surface area (TPSA) is 64.5 Å². The Morgan fingerprint density at radius 2 is 2.00 bits per heavy atom. The number of hydrogen-bond donors (Lipinski definition) is 0. The van der Waals surface area contributed by atoms with E-state index >= 15 is 0 Å². The molecule has 2 heterocycles. The lowest BCUT2D eigenvalue weighted by Crippen LogP contribution is -2.24. The Hall–Kier alpha value is -2.63. The molecule has 142 valence electrons. The molecule has 1 aromatic heterocycles. The van der Waals surface area contributed by atoms with E-state index in [-0.39, 0.29) is 11.4 Å². The summed E-state index contributed by atoms with van der Waals surface area (Å²) in [5.74, 6) is 2.02. The molecule has 0 amide bonds. The smallest absolute Gasteiger partial charge is 0.345 e. The van der Waals surface area contributed by atoms with Gasteiger partial charge in [0.05, 0.1) is 12.8 Å². The normalized spacial score (nSPS) is 20.3. The molecule has 0 radical (unpaired) electrons. The zero-order valence-corrected chi connectivity index (χ0v) is 16.1. The van der Waals surface area contributed by atoms with Gasteiger partial charge in [-0.2, -0.15) is 4.98 Å². The van der Waals surface area contributed by atoms with Crippen molar-refractivity contribution in [1.82, 2.24) is 9.97 Å². The Balaban J connectivity index is 1.56. The average molecular weight is 367 g/mol. The summed E-state index contributed by atoms with van der Waals surface area (Å²) in [6, 6.07) is 6.19. The van der Waals surface area contributed by atoms with Crippen LogP contribution in [0.25, 0.3) is 0 Å². The van der Waals surface area contributed by atoms with Crippen molar-refractivity contribution in [2.75, 3.05) is 24.6 Å². The number of nitrogens with zero attached hydrogens (tertiary/aromatic N) is 3. The van der Waals surface area contributed by atoms with Crippen LogP contribution in [0, 0.1) is 25.7 Å². The fourth-order valence-corrected chi connectivity index (χ4v) is 3.58. The predicted octanol–water partition coefficient (Wildman–Crippen LogP) is 3.31. The van der Waals surface area contributed by atoms with E-state index < -0.39 is 5.97 Å². The summed E-state index contributed by atoms with van der Waals surface area (Å²) in [4.78, 5) is 23.4. The zero-order valence-electron chi connectivity index (χ0n) is 16.1. The van der Waals surface area contributed by atoms with Gasteiger partial charge in [-0.1, -0.05) is 18.2 Å². The fourth-order valence-electron chi connectivity index (χ4n) is 3.58. The van der Waals surface area contributed by atoms with Crippen LogP contribution in [-0.4, -0.2) is 35.6 Å². The van der Waals surface area contributed by atoms with Crippen LogP contribution in [0.2, 0.25) is 0 Å². The van der Waals surface area contributed by atoms with Crippen molar-refractivity contribution >= 4 is 11.9 Å². The molecule has 1 aliphatic heterocycles. The Labute approximate surface area is 159 Å². The van der Waals surface area contributed by atoms with Gasteiger partial charge in [0.1, 0.15) is 12.2 Å². The van der Waals surface area contributed by atoms with Crippen molar-refractivity contribution < 1.29 is 14.3 Å². The second-order valence-electron chi connectivity index (χ2n) is 7.48. The Morgan fingerprint density at radius 3 is 2.70 bits per heavy atom. The Kier molecular flexibility index (Phi) is 4.72. The minimum absolute atomic E-state index is 0.272. The van der Waals surface area contributed by atoms with E-state index in [1.165, 1.54) is 23.7 Å². The van der Waals surface area contributed by atoms with E-state index in [0.29, 0.717) is 19.2 Å². The highest BCUT2D eigenvalue weighted by Crippen LogP contribution is 2.45. The summed E-state index contributed by atoms with van der Waals surface area (Å²) in [5.41, 5.74) is 3.76. The van der Waals surface area contributed by atoms with Crippen LogP contribution < -0.4 is 9.64 Å². The maximum Gasteiger partial charge on any atom is 0.345 e. The van der Waals surface area contributed by atoms with Crippen molar-refractivity contribution in [1.29, 1.82) is 0 Å². The number of anilines is 1. The van der Waals surface area contributed by atoms with Gasteiger partial charge in [-0.05, 0) is 55.7 Å². The number of carbonyl (C=O) groups excluding carboxylic acids is 1. The van der Waals surface area contributed by atoms with Crippen LogP contribution in [0.3, 0.4) is 0 Å². The number of hydrogen-bond acceptors (Lipinski definition) is 6. The molecule has 1 aliphatic carbocycles. The van der Waals surface area contributed by atoms with Crippen LogP contribution >= 0.6 is 0 Å². The molecule has 0 N–H and O–H groups in total. The molecule has 2 aromatic rings. The van der Waals surface area contributed by atoms with Crippen molar-refractivity contribution in [3.05, 3.63) is 46.6 Å². The first kappa shape index (κ1) is 17.8. The first-order chi connectivity index (χ1) is 13.0. The van der Waals surface area contributed by atoms with Gasteiger partial charge in [0.15, 0.2) is 0 Å². The second kappa shape index (κ2) is 7.18. The highest BCUT2D eigenvalue weighted by Gasteiger charge is 2.46. The number of carbonyl (C=O) groups is 1. The van der Waals surface area contributed by atoms with E-state index in [0.717, 1.165) is 30.5 Å². The first-order valence-corrected chi connectivity index (χ1v) is 9.53. The number of benzene rings is 1. The van der Waals surface area contributed by atoms with E-state index in [1.54, 1.807) is 6.92 Å². The van der Waals surface area contributed by atoms with Gasteiger partial charge in [0.25, 0.3) is 0 Å². The van der Waals surface area contributed by atoms with Gasteiger partial charge in [-0.3, -0.25) is 0 Å². The lowest BCUT2D eigenvalue weighted by molar-refractivity contribution is 0.0519. The summed E-state index contributed by atoms with van der Waals surface area (Å²) in [7, 11) is 0. The standard InChI is InChI=1S/C21H25N3O3/c1-4-26-20(25)18-9-22-21(24-10-16-8-17(16)11-24)23-19(18)27-12-15-6-5-13(2)14(3)7-15/h5-7,9,16-17H,4,8,10-12H2,1-3H3. The molecule has 1 aromatic carbocycles. The van der Waals surface area contributed by atoms with Crippen molar-refractivity contribution in [3.8, 4) is 5.88 Å². The molecule has 27 heavy (non-hydrogen) atoms. The van der Waals surface area contributed by atoms with Gasteiger partial charge in [0.2, 0.25) is 11.8 Å². The summed E-state index contributed by atoms with van der Waals surface area (Å²) < 4.78 is 11.1. The van der Waals surface area contributed by atoms with E-state index in [4.69, 9.17) is 9.47 Å². The third kappa shape index (κ3) is 3.75. The van der Waals surface area contributed by atoms with Crippen molar-refractivity contribution in [3.63, 3.8) is 0 Å². The van der Waals surface area contributed by atoms with E-state index in [1.807, 2.05) is 6.07 Å². The molecule has 2 atom stereocenters. The Bertz CT molecular complexity index is 858. The third-order valence-electron chi connectivity index (χ3n) is 5.44. The molecule has 1 saturated carbocycles. The lowest BCUT2D eigenvalue weighted by Gasteiger charge is -2.19. The molecule has 2 aliphatic rings. The van der Waals surface area contributed by atoms with Gasteiger partial charge >= 0.3 is 5.97 Å². The highest BCUT2D eigenvalue weighted by molar-refractivity contribution is 5.91. The van der Waals surface area contributed by atoms with Gasteiger partial charge in [0, 0.05) is 13.1 Å². The Morgan fingerprint density at radius 1 is 1.22 bits per heavy atom. The summed E-state index contributed by atoms with van der Waals surface area (Å²) in [5, 5.41) is 0. The molecule has 1 saturated heterocycles. The molecule has 6 nitrogen and oxygen atoms in total. The number of aromatic nitrogens is 2. The maximum absolute atomic E-state index is 12.3. The van der Waals surface area contributed by atoms with Crippen molar-refractivity contribution in [2.45, 2.75) is 33.8 Å². The molecule has 4 rings (SSSR count).